The van der Waals surface area contributed by atoms with Gasteiger partial charge >= 0.3 is 0 Å². The van der Waals surface area contributed by atoms with E-state index in [-0.39, 0.29) is 0 Å². The Balaban J connectivity index is 1.57. The maximum Gasteiger partial charge on any atom is 0.0352 e. The van der Waals surface area contributed by atoms with Gasteiger partial charge in [-0.3, -0.25) is 0 Å². The average molecular weight is 570 g/mol. The van der Waals surface area contributed by atoms with Crippen molar-refractivity contribution in [1.29, 1.82) is 0 Å². The van der Waals surface area contributed by atoms with Gasteiger partial charge in [0.1, 0.15) is 0 Å². The van der Waals surface area contributed by atoms with E-state index in [2.05, 4.69) is 106 Å². The molecule has 0 spiro atoms. The molecule has 0 N–H and O–H groups in total. The molecule has 156 valence electrons. The van der Waals surface area contributed by atoms with Crippen LogP contribution in [0.15, 0.2) is 69.6 Å². The smallest absolute Gasteiger partial charge is 0.0352 e. The summed E-state index contributed by atoms with van der Waals surface area (Å²) in [7, 11) is 0. The monoisotopic (exact) mass is 568 g/mol. The van der Waals surface area contributed by atoms with Gasteiger partial charge in [0.15, 0.2) is 0 Å². The molecule has 2 heterocycles. The molecule has 4 heteroatoms. The van der Waals surface area contributed by atoms with Gasteiger partial charge in [0, 0.05) is 28.5 Å². The Morgan fingerprint density at radius 3 is 1.52 bits per heavy atom. The van der Waals surface area contributed by atoms with Crippen LogP contribution in [0.1, 0.15) is 40.1 Å². The molecular weight excluding hydrogens is 548 g/mol. The molecule has 0 saturated carbocycles. The van der Waals surface area contributed by atoms with Crippen LogP contribution in [0.3, 0.4) is 0 Å². The summed E-state index contributed by atoms with van der Waals surface area (Å²) in [5.41, 5.74) is 8.58. The number of aryl methyl sites for hydroxylation is 2. The second-order valence-corrected chi connectivity index (χ2v) is 12.3. The zero-order chi connectivity index (χ0) is 21.5. The SMILES string of the molecule is Cc1sc(-c2cccc(Br)c2)cc1C1=C(c2cc(-c3cccc(Br)c3)sc2C)CCC1. The van der Waals surface area contributed by atoms with E-state index in [1.807, 2.05) is 22.7 Å². The summed E-state index contributed by atoms with van der Waals surface area (Å²) in [6.07, 6.45) is 3.59. The van der Waals surface area contributed by atoms with Crippen LogP contribution in [0.4, 0.5) is 0 Å². The molecular formula is C27H22Br2S2. The van der Waals surface area contributed by atoms with E-state index < -0.39 is 0 Å². The molecule has 0 bridgehead atoms. The first-order valence-corrected chi connectivity index (χ1v) is 13.7. The van der Waals surface area contributed by atoms with E-state index in [0.29, 0.717) is 0 Å². The van der Waals surface area contributed by atoms with Crippen LogP contribution in [0.2, 0.25) is 0 Å². The number of hydrogen-bond donors (Lipinski definition) is 0. The molecule has 0 fully saturated rings. The predicted molar refractivity (Wildman–Crippen MR) is 145 cm³/mol. The zero-order valence-corrected chi connectivity index (χ0v) is 22.3. The van der Waals surface area contributed by atoms with Gasteiger partial charge in [-0.1, -0.05) is 56.1 Å². The Hall–Kier alpha value is -1.46. The van der Waals surface area contributed by atoms with Crippen molar-refractivity contribution in [1.82, 2.24) is 0 Å². The summed E-state index contributed by atoms with van der Waals surface area (Å²) in [6.45, 7) is 4.55. The van der Waals surface area contributed by atoms with Gasteiger partial charge in [0.2, 0.25) is 0 Å². The lowest BCUT2D eigenvalue weighted by Crippen LogP contribution is -1.86. The molecule has 1 aliphatic rings. The van der Waals surface area contributed by atoms with Crippen molar-refractivity contribution in [2.75, 3.05) is 0 Å². The van der Waals surface area contributed by atoms with Crippen molar-refractivity contribution < 1.29 is 0 Å². The highest BCUT2D eigenvalue weighted by molar-refractivity contribution is 9.10. The van der Waals surface area contributed by atoms with Gasteiger partial charge in [-0.05, 0) is 103 Å². The number of allylic oxidation sites excluding steroid dienone is 2. The van der Waals surface area contributed by atoms with E-state index >= 15 is 0 Å². The number of hydrogen-bond acceptors (Lipinski definition) is 2. The van der Waals surface area contributed by atoms with Gasteiger partial charge in [-0.25, -0.2) is 0 Å². The van der Waals surface area contributed by atoms with E-state index in [1.165, 1.54) is 61.0 Å². The van der Waals surface area contributed by atoms with Gasteiger partial charge in [0.05, 0.1) is 0 Å². The molecule has 0 nitrogen and oxygen atoms in total. The zero-order valence-electron chi connectivity index (χ0n) is 17.5. The molecule has 0 amide bonds. The van der Waals surface area contributed by atoms with Crippen LogP contribution < -0.4 is 0 Å². The Labute approximate surface area is 208 Å². The molecule has 0 aliphatic heterocycles. The Bertz CT molecular complexity index is 1210. The summed E-state index contributed by atoms with van der Waals surface area (Å²) in [6, 6.07) is 22.1. The van der Waals surface area contributed by atoms with Crippen LogP contribution in [0.25, 0.3) is 32.0 Å². The van der Waals surface area contributed by atoms with Gasteiger partial charge < -0.3 is 0 Å². The largest absolute Gasteiger partial charge is 0.140 e. The maximum absolute atomic E-state index is 3.62. The Morgan fingerprint density at radius 1 is 0.645 bits per heavy atom. The first kappa shape index (κ1) is 21.4. The van der Waals surface area contributed by atoms with E-state index in [0.717, 1.165) is 8.95 Å². The Morgan fingerprint density at radius 2 is 1.10 bits per heavy atom. The highest BCUT2D eigenvalue weighted by atomic mass is 79.9. The number of halogens is 2. The van der Waals surface area contributed by atoms with Crippen LogP contribution >= 0.6 is 54.5 Å². The maximum atomic E-state index is 3.62. The van der Waals surface area contributed by atoms with Gasteiger partial charge in [-0.15, -0.1) is 22.7 Å². The third-order valence-corrected chi connectivity index (χ3v) is 9.11. The molecule has 0 atom stereocenters. The molecule has 2 aromatic heterocycles. The minimum absolute atomic E-state index is 1.13. The lowest BCUT2D eigenvalue weighted by molar-refractivity contribution is 0.941. The number of thiophene rings is 2. The van der Waals surface area contributed by atoms with Crippen LogP contribution in [0, 0.1) is 13.8 Å². The lowest BCUT2D eigenvalue weighted by Gasteiger charge is -2.07. The second-order valence-electron chi connectivity index (χ2n) is 7.99. The van der Waals surface area contributed by atoms with E-state index in [4.69, 9.17) is 0 Å². The number of benzene rings is 2. The standard InChI is InChI=1S/C27H22Br2S2/c1-16-24(14-26(30-16)18-6-3-8-20(28)12-18)22-10-5-11-23(22)25-15-27(31-17(25)2)19-7-4-9-21(29)13-19/h3-4,6-9,12-15H,5,10-11H2,1-2H3. The van der Waals surface area contributed by atoms with Crippen LogP contribution in [-0.2, 0) is 0 Å². The molecule has 5 rings (SSSR count). The fraction of sp³-hybridized carbons (Fsp3) is 0.185. The van der Waals surface area contributed by atoms with Crippen molar-refractivity contribution in [3.05, 3.63) is 90.5 Å². The fourth-order valence-corrected chi connectivity index (χ4v) is 7.36. The van der Waals surface area contributed by atoms with Crippen molar-refractivity contribution in [2.45, 2.75) is 33.1 Å². The molecule has 31 heavy (non-hydrogen) atoms. The third kappa shape index (κ3) is 4.28. The van der Waals surface area contributed by atoms with Crippen molar-refractivity contribution in [3.8, 4) is 20.9 Å². The van der Waals surface area contributed by atoms with E-state index in [1.54, 1.807) is 11.1 Å². The van der Waals surface area contributed by atoms with Crippen LogP contribution in [-0.4, -0.2) is 0 Å². The predicted octanol–water partition coefficient (Wildman–Crippen LogP) is 10.4. The fourth-order valence-electron chi connectivity index (χ4n) is 4.47. The minimum atomic E-state index is 1.13. The second kappa shape index (κ2) is 8.82. The van der Waals surface area contributed by atoms with Crippen molar-refractivity contribution in [3.63, 3.8) is 0 Å². The lowest BCUT2D eigenvalue weighted by atomic mass is 9.96. The normalized spacial score (nSPS) is 13.9. The first-order valence-electron chi connectivity index (χ1n) is 10.4. The Kier molecular flexibility index (Phi) is 6.09. The first-order chi connectivity index (χ1) is 15.0. The van der Waals surface area contributed by atoms with Gasteiger partial charge in [-0.2, -0.15) is 0 Å². The topological polar surface area (TPSA) is 0 Å². The molecule has 1 aliphatic carbocycles. The summed E-state index contributed by atoms with van der Waals surface area (Å²) in [5, 5.41) is 0. The van der Waals surface area contributed by atoms with Crippen LogP contribution in [0.5, 0.6) is 0 Å². The van der Waals surface area contributed by atoms with Crippen molar-refractivity contribution in [2.24, 2.45) is 0 Å². The van der Waals surface area contributed by atoms with Crippen molar-refractivity contribution >= 4 is 65.7 Å². The molecule has 4 aromatic rings. The van der Waals surface area contributed by atoms with E-state index in [9.17, 15) is 0 Å². The highest BCUT2D eigenvalue weighted by Gasteiger charge is 2.23. The quantitative estimate of drug-likeness (QED) is 0.229. The molecule has 0 unspecified atom stereocenters. The molecule has 2 aromatic carbocycles. The minimum Gasteiger partial charge on any atom is -0.140 e. The summed E-state index contributed by atoms with van der Waals surface area (Å²) in [5.74, 6) is 0. The van der Waals surface area contributed by atoms with Gasteiger partial charge in [0.25, 0.3) is 0 Å². The molecule has 0 radical (unpaired) electrons. The third-order valence-electron chi connectivity index (χ3n) is 5.92. The number of rotatable bonds is 4. The highest BCUT2D eigenvalue weighted by Crippen LogP contribution is 2.47. The molecule has 0 saturated heterocycles. The summed E-state index contributed by atoms with van der Waals surface area (Å²) in [4.78, 5) is 5.54. The average Bonchev–Trinajstić information content (AvgIpc) is 3.46. The summed E-state index contributed by atoms with van der Waals surface area (Å²) < 4.78 is 2.26. The summed E-state index contributed by atoms with van der Waals surface area (Å²) >= 11 is 11.1.